The van der Waals surface area contributed by atoms with E-state index in [1.165, 1.54) is 12.0 Å². The van der Waals surface area contributed by atoms with Crippen molar-refractivity contribution in [3.63, 3.8) is 0 Å². The molecule has 0 saturated heterocycles. The van der Waals surface area contributed by atoms with Crippen LogP contribution >= 0.6 is 23.2 Å². The molecule has 0 aromatic heterocycles. The Balaban J connectivity index is 2.67. The van der Waals surface area contributed by atoms with E-state index < -0.39 is 0 Å². The summed E-state index contributed by atoms with van der Waals surface area (Å²) in [5, 5.41) is 3.53. The molecule has 1 N–H and O–H groups in total. The SMILES string of the molecule is CCN(CCC(=O)OC)C(=O)Nc1cc(Cl)ccc1Cl. The molecule has 1 aromatic carbocycles. The maximum atomic E-state index is 12.1. The van der Waals surface area contributed by atoms with E-state index in [1.807, 2.05) is 6.92 Å². The van der Waals surface area contributed by atoms with E-state index in [2.05, 4.69) is 10.1 Å². The molecule has 0 saturated carbocycles. The molecule has 0 fully saturated rings. The first kappa shape index (κ1) is 16.6. The summed E-state index contributed by atoms with van der Waals surface area (Å²) in [5.74, 6) is -0.364. The lowest BCUT2D eigenvalue weighted by molar-refractivity contribution is -0.140. The third kappa shape index (κ3) is 4.90. The van der Waals surface area contributed by atoms with Crippen molar-refractivity contribution < 1.29 is 14.3 Å². The molecule has 0 bridgehead atoms. The molecule has 5 nitrogen and oxygen atoms in total. The first-order chi connectivity index (χ1) is 9.47. The molecule has 0 radical (unpaired) electrons. The number of nitrogens with zero attached hydrogens (tertiary/aromatic N) is 1. The smallest absolute Gasteiger partial charge is 0.321 e. The molecule has 2 amide bonds. The second-order valence-corrected chi connectivity index (χ2v) is 4.80. The number of methoxy groups -OCH3 is 1. The van der Waals surface area contributed by atoms with Gasteiger partial charge in [0.25, 0.3) is 0 Å². The highest BCUT2D eigenvalue weighted by Gasteiger charge is 2.15. The second-order valence-electron chi connectivity index (χ2n) is 3.96. The van der Waals surface area contributed by atoms with Gasteiger partial charge in [0.2, 0.25) is 0 Å². The van der Waals surface area contributed by atoms with E-state index in [1.54, 1.807) is 18.2 Å². The molecule has 1 rings (SSSR count). The summed E-state index contributed by atoms with van der Waals surface area (Å²) in [6.07, 6.45) is 0.140. The number of hydrogen-bond donors (Lipinski definition) is 1. The van der Waals surface area contributed by atoms with Crippen molar-refractivity contribution in [2.24, 2.45) is 0 Å². The molecule has 110 valence electrons. The van der Waals surface area contributed by atoms with Crippen molar-refractivity contribution in [3.8, 4) is 0 Å². The molecule has 0 aliphatic heterocycles. The van der Waals surface area contributed by atoms with Gasteiger partial charge in [-0.1, -0.05) is 23.2 Å². The number of esters is 1. The van der Waals surface area contributed by atoms with Crippen LogP contribution in [-0.4, -0.2) is 37.1 Å². The maximum absolute atomic E-state index is 12.1. The first-order valence-corrected chi connectivity index (χ1v) is 6.81. The zero-order valence-electron chi connectivity index (χ0n) is 11.3. The number of anilines is 1. The molecular weight excluding hydrogens is 303 g/mol. The highest BCUT2D eigenvalue weighted by Crippen LogP contribution is 2.25. The summed E-state index contributed by atoms with van der Waals surface area (Å²) in [6.45, 7) is 2.55. The van der Waals surface area contributed by atoms with E-state index in [9.17, 15) is 9.59 Å². The third-order valence-electron chi connectivity index (χ3n) is 2.65. The van der Waals surface area contributed by atoms with E-state index in [0.717, 1.165) is 0 Å². The fraction of sp³-hybridized carbons (Fsp3) is 0.385. The standard InChI is InChI=1S/C13H16Cl2N2O3/c1-3-17(7-6-12(18)20-2)13(19)16-11-8-9(14)4-5-10(11)15/h4-5,8H,3,6-7H2,1-2H3,(H,16,19). The molecule has 0 aliphatic carbocycles. The molecule has 0 unspecified atom stereocenters. The lowest BCUT2D eigenvalue weighted by Crippen LogP contribution is -2.36. The van der Waals surface area contributed by atoms with Gasteiger partial charge in [-0.3, -0.25) is 4.79 Å². The normalized spacial score (nSPS) is 10.0. The van der Waals surface area contributed by atoms with Crippen molar-refractivity contribution >= 4 is 40.9 Å². The summed E-state index contributed by atoms with van der Waals surface area (Å²) in [5.41, 5.74) is 0.431. The molecule has 0 spiro atoms. The molecular formula is C13H16Cl2N2O3. The van der Waals surface area contributed by atoms with Crippen LogP contribution in [0.2, 0.25) is 10.0 Å². The van der Waals surface area contributed by atoms with E-state index in [-0.39, 0.29) is 25.0 Å². The fourth-order valence-corrected chi connectivity index (χ4v) is 1.86. The molecule has 0 heterocycles. The molecule has 7 heteroatoms. The Kier molecular flexibility index (Phi) is 6.61. The highest BCUT2D eigenvalue weighted by atomic mass is 35.5. The van der Waals surface area contributed by atoms with E-state index in [0.29, 0.717) is 22.3 Å². The number of halogens is 2. The van der Waals surface area contributed by atoms with Gasteiger partial charge in [-0.25, -0.2) is 4.79 Å². The zero-order valence-corrected chi connectivity index (χ0v) is 12.8. The zero-order chi connectivity index (χ0) is 15.1. The van der Waals surface area contributed by atoms with Crippen LogP contribution in [0.4, 0.5) is 10.5 Å². The molecule has 1 aromatic rings. The van der Waals surface area contributed by atoms with Gasteiger partial charge in [0.15, 0.2) is 0 Å². The predicted molar refractivity (Wildman–Crippen MR) is 79.4 cm³/mol. The van der Waals surface area contributed by atoms with Crippen LogP contribution in [0.5, 0.6) is 0 Å². The van der Waals surface area contributed by atoms with E-state index >= 15 is 0 Å². The van der Waals surface area contributed by atoms with Crippen molar-refractivity contribution in [1.82, 2.24) is 4.90 Å². The van der Waals surface area contributed by atoms with Crippen molar-refractivity contribution in [1.29, 1.82) is 0 Å². The van der Waals surface area contributed by atoms with E-state index in [4.69, 9.17) is 23.2 Å². The largest absolute Gasteiger partial charge is 0.469 e. The lowest BCUT2D eigenvalue weighted by atomic mass is 10.3. The number of rotatable bonds is 5. The Morgan fingerprint density at radius 3 is 2.65 bits per heavy atom. The number of carbonyl (C=O) groups excluding carboxylic acids is 2. The maximum Gasteiger partial charge on any atom is 0.321 e. The minimum atomic E-state index is -0.364. The number of nitrogens with one attached hydrogen (secondary N) is 1. The molecule has 20 heavy (non-hydrogen) atoms. The number of carbonyl (C=O) groups is 2. The average Bonchev–Trinajstić information content (AvgIpc) is 2.43. The molecule has 0 atom stereocenters. The van der Waals surface area contributed by atoms with Crippen LogP contribution in [-0.2, 0) is 9.53 Å². The van der Waals surface area contributed by atoms with Gasteiger partial charge in [0.05, 0.1) is 24.2 Å². The van der Waals surface area contributed by atoms with Gasteiger partial charge in [0, 0.05) is 18.1 Å². The van der Waals surface area contributed by atoms with Crippen LogP contribution < -0.4 is 5.32 Å². The monoisotopic (exact) mass is 318 g/mol. The fourth-order valence-electron chi connectivity index (χ4n) is 1.52. The van der Waals surface area contributed by atoms with Gasteiger partial charge < -0.3 is 15.0 Å². The number of amides is 2. The van der Waals surface area contributed by atoms with Crippen LogP contribution in [0.25, 0.3) is 0 Å². The Labute approximate surface area is 127 Å². The lowest BCUT2D eigenvalue weighted by Gasteiger charge is -2.21. The highest BCUT2D eigenvalue weighted by molar-refractivity contribution is 6.35. The molecule has 0 aliphatic rings. The minimum Gasteiger partial charge on any atom is -0.469 e. The minimum absolute atomic E-state index is 0.140. The summed E-state index contributed by atoms with van der Waals surface area (Å²) in [4.78, 5) is 24.6. The summed E-state index contributed by atoms with van der Waals surface area (Å²) < 4.78 is 4.54. The van der Waals surface area contributed by atoms with Gasteiger partial charge >= 0.3 is 12.0 Å². The van der Waals surface area contributed by atoms with Gasteiger partial charge in [-0.2, -0.15) is 0 Å². The van der Waals surface area contributed by atoms with Crippen LogP contribution in [0.1, 0.15) is 13.3 Å². The Morgan fingerprint density at radius 1 is 1.35 bits per heavy atom. The van der Waals surface area contributed by atoms with Gasteiger partial charge in [-0.05, 0) is 25.1 Å². The van der Waals surface area contributed by atoms with Crippen LogP contribution in [0, 0.1) is 0 Å². The average molecular weight is 319 g/mol. The quantitative estimate of drug-likeness (QED) is 0.846. The van der Waals surface area contributed by atoms with Crippen LogP contribution in [0.15, 0.2) is 18.2 Å². The Bertz CT molecular complexity index is 495. The Hall–Kier alpha value is -1.46. The topological polar surface area (TPSA) is 58.6 Å². The first-order valence-electron chi connectivity index (χ1n) is 6.05. The number of hydrogen-bond acceptors (Lipinski definition) is 3. The predicted octanol–water partition coefficient (Wildman–Crippen LogP) is 3.41. The van der Waals surface area contributed by atoms with Crippen molar-refractivity contribution in [2.45, 2.75) is 13.3 Å². The number of urea groups is 1. The van der Waals surface area contributed by atoms with Crippen molar-refractivity contribution in [2.75, 3.05) is 25.5 Å². The summed E-state index contributed by atoms with van der Waals surface area (Å²) in [7, 11) is 1.31. The second kappa shape index (κ2) is 7.97. The van der Waals surface area contributed by atoms with Crippen LogP contribution in [0.3, 0.4) is 0 Å². The summed E-state index contributed by atoms with van der Waals surface area (Å²) in [6, 6.07) is 4.45. The Morgan fingerprint density at radius 2 is 2.05 bits per heavy atom. The van der Waals surface area contributed by atoms with Gasteiger partial charge in [0.1, 0.15) is 0 Å². The summed E-state index contributed by atoms with van der Waals surface area (Å²) >= 11 is 11.8. The van der Waals surface area contributed by atoms with Gasteiger partial charge in [-0.15, -0.1) is 0 Å². The number of benzene rings is 1. The number of ether oxygens (including phenoxy) is 1. The van der Waals surface area contributed by atoms with Crippen molar-refractivity contribution in [3.05, 3.63) is 28.2 Å². The third-order valence-corrected chi connectivity index (χ3v) is 3.22.